The van der Waals surface area contributed by atoms with Crippen LogP contribution in [0, 0.1) is 0 Å². The molecule has 0 spiro atoms. The molecule has 7 aromatic carbocycles. The van der Waals surface area contributed by atoms with E-state index in [2.05, 4.69) is 152 Å². The number of hydrogen-bond acceptors (Lipinski definition) is 1. The van der Waals surface area contributed by atoms with E-state index in [9.17, 15) is 0 Å². The molecule has 7 aromatic rings. The van der Waals surface area contributed by atoms with Crippen LogP contribution in [0.1, 0.15) is 38.9 Å². The summed E-state index contributed by atoms with van der Waals surface area (Å²) in [4.78, 5) is 10.2. The van der Waals surface area contributed by atoms with Crippen molar-refractivity contribution < 1.29 is 0 Å². The molecule has 3 heteroatoms. The quantitative estimate of drug-likeness (QED) is 0.138. The fourth-order valence-corrected chi connectivity index (χ4v) is 7.28. The zero-order chi connectivity index (χ0) is 33.0. The van der Waals surface area contributed by atoms with Crippen molar-refractivity contribution in [2.45, 2.75) is 12.0 Å². The Hall–Kier alpha value is -6.32. The number of hydrogen-bond donors (Lipinski definition) is 1. The van der Waals surface area contributed by atoms with Gasteiger partial charge in [-0.3, -0.25) is 4.99 Å². The lowest BCUT2D eigenvalue weighted by Gasteiger charge is -2.33. The Labute approximate surface area is 287 Å². The predicted octanol–water partition coefficient (Wildman–Crippen LogP) is 10.1. The topological polar surface area (TPSA) is 50.7 Å². The molecule has 0 bridgehead atoms. The van der Waals surface area contributed by atoms with E-state index in [1.165, 1.54) is 38.9 Å². The number of nitrogens with zero attached hydrogens (tertiary/aromatic N) is 2. The Morgan fingerprint density at radius 2 is 1.00 bits per heavy atom. The van der Waals surface area contributed by atoms with Crippen molar-refractivity contribution in [2.24, 2.45) is 15.7 Å². The second-order valence-electron chi connectivity index (χ2n) is 12.3. The Balaban J connectivity index is 1.28. The first-order valence-electron chi connectivity index (χ1n) is 16.7. The fraction of sp³-hybridized carbons (Fsp3) is 0.0435. The predicted molar refractivity (Wildman–Crippen MR) is 203 cm³/mol. The third-order valence-electron chi connectivity index (χ3n) is 9.51. The van der Waals surface area contributed by atoms with E-state index in [1.54, 1.807) is 0 Å². The maximum atomic E-state index is 6.61. The Kier molecular flexibility index (Phi) is 8.01. The van der Waals surface area contributed by atoms with Gasteiger partial charge in [0, 0.05) is 11.1 Å². The molecule has 0 radical (unpaired) electrons. The van der Waals surface area contributed by atoms with Gasteiger partial charge in [-0.1, -0.05) is 188 Å². The molecule has 0 aliphatic heterocycles. The number of aliphatic imine (C=N–C) groups is 2. The summed E-state index contributed by atoms with van der Waals surface area (Å²) in [5.41, 5.74) is 18.9. The maximum Gasteiger partial charge on any atom is 0.157 e. The average molecular weight is 630 g/mol. The molecule has 234 valence electrons. The molecule has 1 aliphatic carbocycles. The van der Waals surface area contributed by atoms with Crippen LogP contribution in [0.15, 0.2) is 198 Å². The average Bonchev–Trinajstić information content (AvgIpc) is 3.49. The lowest BCUT2D eigenvalue weighted by molar-refractivity contribution is 0.767. The highest BCUT2D eigenvalue weighted by molar-refractivity contribution is 6.11. The largest absolute Gasteiger partial charge is 0.383 e. The minimum atomic E-state index is -0.458. The Morgan fingerprint density at radius 1 is 0.469 bits per heavy atom. The van der Waals surface area contributed by atoms with E-state index in [-0.39, 0.29) is 0 Å². The van der Waals surface area contributed by atoms with Crippen molar-refractivity contribution in [1.29, 1.82) is 0 Å². The highest BCUT2D eigenvalue weighted by Gasteiger charge is 2.46. The van der Waals surface area contributed by atoms with Crippen LogP contribution in [0.25, 0.3) is 22.3 Å². The second kappa shape index (κ2) is 13.1. The summed E-state index contributed by atoms with van der Waals surface area (Å²) in [5.74, 6) is 1.03. The molecule has 0 saturated carbocycles. The second-order valence-corrected chi connectivity index (χ2v) is 12.3. The monoisotopic (exact) mass is 629 g/mol. The van der Waals surface area contributed by atoms with Crippen LogP contribution in [-0.2, 0) is 12.0 Å². The molecule has 0 aromatic heterocycles. The van der Waals surface area contributed by atoms with Gasteiger partial charge in [0.05, 0.1) is 12.0 Å². The van der Waals surface area contributed by atoms with Crippen LogP contribution >= 0.6 is 0 Å². The van der Waals surface area contributed by atoms with Crippen LogP contribution in [0.3, 0.4) is 0 Å². The van der Waals surface area contributed by atoms with Gasteiger partial charge in [-0.15, -0.1) is 0 Å². The minimum Gasteiger partial charge on any atom is -0.383 e. The Morgan fingerprint density at radius 3 is 1.65 bits per heavy atom. The molecular weight excluding hydrogens is 595 g/mol. The summed E-state index contributed by atoms with van der Waals surface area (Å²) >= 11 is 0. The van der Waals surface area contributed by atoms with Gasteiger partial charge in [0.1, 0.15) is 5.84 Å². The lowest BCUT2D eigenvalue weighted by atomic mass is 9.67. The van der Waals surface area contributed by atoms with Gasteiger partial charge in [0.25, 0.3) is 0 Å². The molecular formula is C46H35N3. The summed E-state index contributed by atoms with van der Waals surface area (Å²) in [6.07, 6.45) is 0. The number of nitrogens with two attached hydrogens (primary N) is 1. The van der Waals surface area contributed by atoms with Crippen molar-refractivity contribution in [3.05, 3.63) is 227 Å². The van der Waals surface area contributed by atoms with Crippen LogP contribution in [0.5, 0.6) is 0 Å². The number of benzene rings is 7. The molecule has 0 unspecified atom stereocenters. The van der Waals surface area contributed by atoms with E-state index in [4.69, 9.17) is 15.7 Å². The number of amidine groups is 2. The van der Waals surface area contributed by atoms with Crippen molar-refractivity contribution >= 4 is 11.7 Å². The van der Waals surface area contributed by atoms with Crippen LogP contribution in [0.2, 0.25) is 0 Å². The molecule has 0 fully saturated rings. The van der Waals surface area contributed by atoms with Crippen molar-refractivity contribution in [1.82, 2.24) is 0 Å². The van der Waals surface area contributed by atoms with Gasteiger partial charge >= 0.3 is 0 Å². The summed E-state index contributed by atoms with van der Waals surface area (Å²) in [6, 6.07) is 65.9. The smallest absolute Gasteiger partial charge is 0.157 e. The molecule has 0 amide bonds. The van der Waals surface area contributed by atoms with Gasteiger partial charge in [-0.2, -0.15) is 0 Å². The van der Waals surface area contributed by atoms with Gasteiger partial charge in [0.2, 0.25) is 0 Å². The third kappa shape index (κ3) is 5.46. The molecule has 0 atom stereocenters. The zero-order valence-electron chi connectivity index (χ0n) is 27.1. The van der Waals surface area contributed by atoms with Crippen molar-refractivity contribution in [2.75, 3.05) is 0 Å². The first-order valence-corrected chi connectivity index (χ1v) is 16.7. The van der Waals surface area contributed by atoms with Gasteiger partial charge in [0.15, 0.2) is 5.84 Å². The summed E-state index contributed by atoms with van der Waals surface area (Å²) in [6.45, 7) is 0.443. The van der Waals surface area contributed by atoms with E-state index in [0.29, 0.717) is 18.2 Å². The fourth-order valence-electron chi connectivity index (χ4n) is 7.28. The van der Waals surface area contributed by atoms with Gasteiger partial charge in [-0.05, 0) is 50.1 Å². The van der Waals surface area contributed by atoms with Crippen LogP contribution < -0.4 is 5.73 Å². The number of fused-ring (bicyclic) bond motifs is 3. The van der Waals surface area contributed by atoms with Crippen molar-refractivity contribution in [3.63, 3.8) is 0 Å². The molecule has 0 heterocycles. The lowest BCUT2D eigenvalue weighted by Crippen LogP contribution is -2.28. The number of rotatable bonds is 7. The highest BCUT2D eigenvalue weighted by atomic mass is 15.0. The SMILES string of the molecule is NC(=NC(=NCc1cccc2c1-c1ccccc1C2(c1ccccc1)c1ccccc1)c1ccc(-c2ccccc2)cc1)c1ccccc1. The van der Waals surface area contributed by atoms with E-state index in [0.717, 1.165) is 22.3 Å². The van der Waals surface area contributed by atoms with Gasteiger partial charge < -0.3 is 5.73 Å². The van der Waals surface area contributed by atoms with E-state index in [1.807, 2.05) is 36.4 Å². The maximum absolute atomic E-state index is 6.61. The zero-order valence-corrected chi connectivity index (χ0v) is 27.1. The highest BCUT2D eigenvalue weighted by Crippen LogP contribution is 2.56. The molecule has 1 aliphatic rings. The van der Waals surface area contributed by atoms with Gasteiger partial charge in [-0.25, -0.2) is 4.99 Å². The molecule has 8 rings (SSSR count). The molecule has 0 saturated heterocycles. The van der Waals surface area contributed by atoms with Crippen LogP contribution in [0.4, 0.5) is 0 Å². The normalized spacial score (nSPS) is 13.5. The first-order chi connectivity index (χ1) is 24.2. The summed E-state index contributed by atoms with van der Waals surface area (Å²) < 4.78 is 0. The molecule has 2 N–H and O–H groups in total. The standard InChI is InChI=1S/C46H35N3/c47-44(35-18-7-2-8-19-35)49-45(36-30-28-34(29-31-36)33-16-5-1-6-17-33)48-32-37-20-15-27-42-43(37)40-25-13-14-26-41(40)46(42,38-21-9-3-10-22-38)39-23-11-4-12-24-39/h1-31H,32H2,(H2,47,48,49). The van der Waals surface area contributed by atoms with Crippen LogP contribution in [-0.4, -0.2) is 11.7 Å². The Bertz CT molecular complexity index is 2230. The van der Waals surface area contributed by atoms with E-state index >= 15 is 0 Å². The molecule has 3 nitrogen and oxygen atoms in total. The summed E-state index contributed by atoms with van der Waals surface area (Å²) in [7, 11) is 0. The minimum absolute atomic E-state index is 0.433. The summed E-state index contributed by atoms with van der Waals surface area (Å²) in [5, 5.41) is 0. The third-order valence-corrected chi connectivity index (χ3v) is 9.51. The van der Waals surface area contributed by atoms with Crippen molar-refractivity contribution in [3.8, 4) is 22.3 Å². The molecule has 49 heavy (non-hydrogen) atoms. The first kappa shape index (κ1) is 30.0. The van der Waals surface area contributed by atoms with E-state index < -0.39 is 5.41 Å².